The quantitative estimate of drug-likeness (QED) is 0.684. The highest BCUT2D eigenvalue weighted by molar-refractivity contribution is 5.58. The number of nitro benzene ring substituents is 1. The first kappa shape index (κ1) is 13.0. The first-order valence-electron chi connectivity index (χ1n) is 6.39. The van der Waals surface area contributed by atoms with Gasteiger partial charge < -0.3 is 4.98 Å². The third-order valence-electron chi connectivity index (χ3n) is 3.37. The molecule has 1 N–H and O–H groups in total. The zero-order chi connectivity index (χ0) is 15.0. The molecule has 3 rings (SSSR count). The molecular formula is C14H10N4O3. The number of nitro groups is 1. The van der Waals surface area contributed by atoms with Crippen molar-refractivity contribution in [2.75, 3.05) is 0 Å². The number of hydrogen-bond donors (Lipinski definition) is 1. The summed E-state index contributed by atoms with van der Waals surface area (Å²) in [7, 11) is 0. The Hall–Kier alpha value is -3.01. The number of non-ortho nitro benzene ring substituents is 1. The summed E-state index contributed by atoms with van der Waals surface area (Å²) >= 11 is 0. The van der Waals surface area contributed by atoms with Crippen LogP contribution in [-0.4, -0.2) is 14.9 Å². The minimum Gasteiger partial charge on any atom is -0.305 e. The predicted molar refractivity (Wildman–Crippen MR) is 73.6 cm³/mol. The average molecular weight is 282 g/mol. The fourth-order valence-electron chi connectivity index (χ4n) is 2.13. The summed E-state index contributed by atoms with van der Waals surface area (Å²) in [6.45, 7) is 0. The zero-order valence-corrected chi connectivity index (χ0v) is 10.9. The first-order valence-corrected chi connectivity index (χ1v) is 6.39. The van der Waals surface area contributed by atoms with Crippen molar-refractivity contribution in [3.05, 3.63) is 56.0 Å². The SMILES string of the molecule is N#Cc1c(C2CC2)nc(-c2ccc([N+](=O)[O-])cc2)[nH]c1=O. The Balaban J connectivity index is 2.08. The van der Waals surface area contributed by atoms with Crippen molar-refractivity contribution in [3.8, 4) is 17.5 Å². The Kier molecular flexibility index (Phi) is 2.99. The summed E-state index contributed by atoms with van der Waals surface area (Å²) < 4.78 is 0. The summed E-state index contributed by atoms with van der Waals surface area (Å²) in [4.78, 5) is 29.0. The predicted octanol–water partition coefficient (Wildman–Crippen LogP) is 2.09. The monoisotopic (exact) mass is 282 g/mol. The normalized spacial score (nSPS) is 13.7. The van der Waals surface area contributed by atoms with Crippen molar-refractivity contribution in [1.82, 2.24) is 9.97 Å². The third kappa shape index (κ3) is 2.39. The van der Waals surface area contributed by atoms with Crippen LogP contribution in [0, 0.1) is 21.4 Å². The molecule has 7 nitrogen and oxygen atoms in total. The number of hydrogen-bond acceptors (Lipinski definition) is 5. The Morgan fingerprint density at radius 1 is 1.33 bits per heavy atom. The van der Waals surface area contributed by atoms with Crippen LogP contribution in [0.25, 0.3) is 11.4 Å². The summed E-state index contributed by atoms with van der Waals surface area (Å²) in [6.07, 6.45) is 1.84. The standard InChI is InChI=1S/C14H10N4O3/c15-7-11-12(8-1-2-8)16-13(17-14(11)19)9-3-5-10(6-4-9)18(20)21/h3-6,8H,1-2H2,(H,16,17,19). The molecule has 0 aliphatic heterocycles. The van der Waals surface area contributed by atoms with Gasteiger partial charge in [-0.25, -0.2) is 4.98 Å². The molecule has 1 aromatic carbocycles. The van der Waals surface area contributed by atoms with Crippen molar-refractivity contribution < 1.29 is 4.92 Å². The van der Waals surface area contributed by atoms with E-state index in [0.717, 1.165) is 12.8 Å². The molecule has 2 aromatic rings. The van der Waals surface area contributed by atoms with E-state index in [2.05, 4.69) is 9.97 Å². The Morgan fingerprint density at radius 2 is 2.00 bits per heavy atom. The topological polar surface area (TPSA) is 113 Å². The molecule has 104 valence electrons. The second kappa shape index (κ2) is 4.83. The summed E-state index contributed by atoms with van der Waals surface area (Å²) in [5.41, 5.74) is 0.654. The largest absolute Gasteiger partial charge is 0.305 e. The van der Waals surface area contributed by atoms with Crippen LogP contribution in [0.4, 0.5) is 5.69 Å². The molecule has 1 aromatic heterocycles. The van der Waals surface area contributed by atoms with E-state index in [9.17, 15) is 14.9 Å². The molecule has 1 fully saturated rings. The highest BCUT2D eigenvalue weighted by Crippen LogP contribution is 2.40. The molecule has 0 bridgehead atoms. The molecular weight excluding hydrogens is 272 g/mol. The highest BCUT2D eigenvalue weighted by atomic mass is 16.6. The van der Waals surface area contributed by atoms with E-state index in [4.69, 9.17) is 5.26 Å². The number of aromatic amines is 1. The fraction of sp³-hybridized carbons (Fsp3) is 0.214. The molecule has 7 heteroatoms. The lowest BCUT2D eigenvalue weighted by Crippen LogP contribution is -2.16. The van der Waals surface area contributed by atoms with Crippen LogP contribution in [0.2, 0.25) is 0 Å². The Labute approximate surface area is 119 Å². The average Bonchev–Trinajstić information content (AvgIpc) is 3.31. The lowest BCUT2D eigenvalue weighted by atomic mass is 10.1. The molecule has 1 saturated carbocycles. The van der Waals surface area contributed by atoms with Gasteiger partial charge in [0.1, 0.15) is 17.5 Å². The second-order valence-electron chi connectivity index (χ2n) is 4.86. The molecule has 0 amide bonds. The number of nitrogens with zero attached hydrogens (tertiary/aromatic N) is 3. The Morgan fingerprint density at radius 3 is 2.52 bits per heavy atom. The van der Waals surface area contributed by atoms with E-state index in [1.54, 1.807) is 0 Å². The van der Waals surface area contributed by atoms with Gasteiger partial charge in [0.15, 0.2) is 0 Å². The second-order valence-corrected chi connectivity index (χ2v) is 4.86. The molecule has 0 saturated heterocycles. The van der Waals surface area contributed by atoms with Crippen molar-refractivity contribution in [2.24, 2.45) is 0 Å². The van der Waals surface area contributed by atoms with E-state index in [1.165, 1.54) is 24.3 Å². The van der Waals surface area contributed by atoms with E-state index in [-0.39, 0.29) is 17.2 Å². The van der Waals surface area contributed by atoms with Gasteiger partial charge in [0, 0.05) is 23.6 Å². The van der Waals surface area contributed by atoms with Crippen LogP contribution in [0.1, 0.15) is 30.0 Å². The van der Waals surface area contributed by atoms with E-state index < -0.39 is 10.5 Å². The number of rotatable bonds is 3. The van der Waals surface area contributed by atoms with Gasteiger partial charge in [0.05, 0.1) is 10.6 Å². The van der Waals surface area contributed by atoms with Gasteiger partial charge in [0.25, 0.3) is 11.2 Å². The fourth-order valence-corrected chi connectivity index (χ4v) is 2.13. The van der Waals surface area contributed by atoms with Crippen LogP contribution in [0.15, 0.2) is 29.1 Å². The van der Waals surface area contributed by atoms with Crippen molar-refractivity contribution in [1.29, 1.82) is 5.26 Å². The molecule has 0 unspecified atom stereocenters. The van der Waals surface area contributed by atoms with Crippen LogP contribution in [0.5, 0.6) is 0 Å². The minimum atomic E-state index is -0.492. The summed E-state index contributed by atoms with van der Waals surface area (Å²) in [6, 6.07) is 7.65. The zero-order valence-electron chi connectivity index (χ0n) is 10.9. The van der Waals surface area contributed by atoms with E-state index in [0.29, 0.717) is 17.1 Å². The molecule has 0 spiro atoms. The smallest absolute Gasteiger partial charge is 0.269 e. The number of aromatic nitrogens is 2. The first-order chi connectivity index (χ1) is 10.1. The number of H-pyrrole nitrogens is 1. The van der Waals surface area contributed by atoms with Gasteiger partial charge in [-0.3, -0.25) is 14.9 Å². The maximum absolute atomic E-state index is 11.9. The van der Waals surface area contributed by atoms with Gasteiger partial charge >= 0.3 is 0 Å². The molecule has 21 heavy (non-hydrogen) atoms. The van der Waals surface area contributed by atoms with Crippen LogP contribution >= 0.6 is 0 Å². The molecule has 0 atom stereocenters. The van der Waals surface area contributed by atoms with Crippen molar-refractivity contribution in [2.45, 2.75) is 18.8 Å². The summed E-state index contributed by atoms with van der Waals surface area (Å²) in [5, 5.41) is 19.7. The minimum absolute atomic E-state index is 0.0304. The highest BCUT2D eigenvalue weighted by Gasteiger charge is 2.29. The van der Waals surface area contributed by atoms with Crippen LogP contribution < -0.4 is 5.56 Å². The van der Waals surface area contributed by atoms with Gasteiger partial charge in [0.2, 0.25) is 0 Å². The number of benzene rings is 1. The number of nitrogens with one attached hydrogen (secondary N) is 1. The van der Waals surface area contributed by atoms with Gasteiger partial charge in [-0.2, -0.15) is 5.26 Å². The molecule has 1 aliphatic rings. The van der Waals surface area contributed by atoms with Crippen LogP contribution in [-0.2, 0) is 0 Å². The van der Waals surface area contributed by atoms with Crippen molar-refractivity contribution in [3.63, 3.8) is 0 Å². The molecule has 1 heterocycles. The van der Waals surface area contributed by atoms with E-state index >= 15 is 0 Å². The van der Waals surface area contributed by atoms with Crippen molar-refractivity contribution >= 4 is 5.69 Å². The maximum Gasteiger partial charge on any atom is 0.269 e. The van der Waals surface area contributed by atoms with Gasteiger partial charge in [-0.1, -0.05) is 0 Å². The van der Waals surface area contributed by atoms with Gasteiger partial charge in [-0.05, 0) is 25.0 Å². The number of nitriles is 1. The lowest BCUT2D eigenvalue weighted by Gasteiger charge is -2.05. The summed E-state index contributed by atoms with van der Waals surface area (Å²) in [5.74, 6) is 0.495. The third-order valence-corrected chi connectivity index (χ3v) is 3.37. The molecule has 1 aliphatic carbocycles. The van der Waals surface area contributed by atoms with Gasteiger partial charge in [-0.15, -0.1) is 0 Å². The van der Waals surface area contributed by atoms with E-state index in [1.807, 2.05) is 6.07 Å². The van der Waals surface area contributed by atoms with Crippen LogP contribution in [0.3, 0.4) is 0 Å². The lowest BCUT2D eigenvalue weighted by molar-refractivity contribution is -0.384. The molecule has 0 radical (unpaired) electrons. The Bertz CT molecular complexity index is 814. The maximum atomic E-state index is 11.9.